The van der Waals surface area contributed by atoms with E-state index in [-0.39, 0.29) is 17.1 Å². The van der Waals surface area contributed by atoms with Crippen LogP contribution in [0.15, 0.2) is 11.8 Å². The molecule has 14 heavy (non-hydrogen) atoms. The van der Waals surface area contributed by atoms with Crippen molar-refractivity contribution in [3.05, 3.63) is 11.8 Å². The molecule has 0 fully saturated rings. The Morgan fingerprint density at radius 2 is 2.21 bits per heavy atom. The molecule has 0 unspecified atom stereocenters. The second-order valence-corrected chi connectivity index (χ2v) is 4.31. The van der Waals surface area contributed by atoms with Gasteiger partial charge in [-0.15, -0.1) is 0 Å². The van der Waals surface area contributed by atoms with Crippen LogP contribution in [0.2, 0.25) is 0 Å². The van der Waals surface area contributed by atoms with Crippen molar-refractivity contribution in [1.82, 2.24) is 5.32 Å². The SMILES string of the molecule is CCC(=O)NC1=CC(=O)CCC1(C)C. The molecule has 1 amide bonds. The summed E-state index contributed by atoms with van der Waals surface area (Å²) < 4.78 is 0. The smallest absolute Gasteiger partial charge is 0.223 e. The third-order valence-corrected chi connectivity index (χ3v) is 2.63. The Morgan fingerprint density at radius 1 is 1.57 bits per heavy atom. The van der Waals surface area contributed by atoms with E-state index in [0.29, 0.717) is 12.8 Å². The van der Waals surface area contributed by atoms with Gasteiger partial charge in [0.1, 0.15) is 0 Å². The zero-order chi connectivity index (χ0) is 10.8. The van der Waals surface area contributed by atoms with E-state index in [9.17, 15) is 9.59 Å². The van der Waals surface area contributed by atoms with Crippen LogP contribution in [-0.2, 0) is 9.59 Å². The van der Waals surface area contributed by atoms with Crippen LogP contribution < -0.4 is 5.32 Å². The summed E-state index contributed by atoms with van der Waals surface area (Å²) in [4.78, 5) is 22.4. The molecule has 0 aromatic carbocycles. The molecule has 3 nitrogen and oxygen atoms in total. The summed E-state index contributed by atoms with van der Waals surface area (Å²) in [5.74, 6) is 0.0785. The molecule has 1 N–H and O–H groups in total. The standard InChI is InChI=1S/C11H17NO2/c1-4-10(14)12-9-7-8(13)5-6-11(9,2)3/h7H,4-6H2,1-3H3,(H,12,14). The molecule has 0 aliphatic heterocycles. The van der Waals surface area contributed by atoms with Crippen LogP contribution >= 0.6 is 0 Å². The van der Waals surface area contributed by atoms with Crippen LogP contribution in [0.25, 0.3) is 0 Å². The number of carbonyl (C=O) groups excluding carboxylic acids is 2. The van der Waals surface area contributed by atoms with Crippen molar-refractivity contribution in [2.24, 2.45) is 5.41 Å². The van der Waals surface area contributed by atoms with Crippen molar-refractivity contribution in [3.63, 3.8) is 0 Å². The van der Waals surface area contributed by atoms with Gasteiger partial charge in [-0.3, -0.25) is 9.59 Å². The van der Waals surface area contributed by atoms with Gasteiger partial charge in [-0.25, -0.2) is 0 Å². The molecule has 1 rings (SSSR count). The van der Waals surface area contributed by atoms with Crippen LogP contribution in [-0.4, -0.2) is 11.7 Å². The molecule has 0 saturated carbocycles. The molecule has 0 spiro atoms. The largest absolute Gasteiger partial charge is 0.329 e. The van der Waals surface area contributed by atoms with Gasteiger partial charge in [0.2, 0.25) is 5.91 Å². The second kappa shape index (κ2) is 3.95. The Labute approximate surface area is 84.6 Å². The van der Waals surface area contributed by atoms with Gasteiger partial charge in [0, 0.05) is 30.0 Å². The highest BCUT2D eigenvalue weighted by molar-refractivity contribution is 5.92. The minimum Gasteiger partial charge on any atom is -0.329 e. The Balaban J connectivity index is 2.81. The van der Waals surface area contributed by atoms with Crippen molar-refractivity contribution in [3.8, 4) is 0 Å². The predicted octanol–water partition coefficient (Wildman–Crippen LogP) is 1.79. The summed E-state index contributed by atoms with van der Waals surface area (Å²) in [5.41, 5.74) is 0.680. The molecule has 0 heterocycles. The number of nitrogens with one attached hydrogen (secondary N) is 1. The molecule has 0 radical (unpaired) electrons. The van der Waals surface area contributed by atoms with Crippen LogP contribution in [0.5, 0.6) is 0 Å². The monoisotopic (exact) mass is 195 g/mol. The normalized spacial score (nSPS) is 20.2. The minimum atomic E-state index is -0.0846. The highest BCUT2D eigenvalue weighted by Gasteiger charge is 2.29. The second-order valence-electron chi connectivity index (χ2n) is 4.31. The van der Waals surface area contributed by atoms with Crippen molar-refractivity contribution >= 4 is 11.7 Å². The van der Waals surface area contributed by atoms with E-state index in [1.165, 1.54) is 0 Å². The van der Waals surface area contributed by atoms with E-state index in [4.69, 9.17) is 0 Å². The van der Waals surface area contributed by atoms with Crippen molar-refractivity contribution in [2.45, 2.75) is 40.0 Å². The number of amides is 1. The molecule has 0 bridgehead atoms. The Bertz CT molecular complexity index is 290. The van der Waals surface area contributed by atoms with Crippen molar-refractivity contribution in [2.75, 3.05) is 0 Å². The molecule has 1 aliphatic rings. The average Bonchev–Trinajstić information content (AvgIpc) is 2.12. The fourth-order valence-corrected chi connectivity index (χ4v) is 1.44. The van der Waals surface area contributed by atoms with Gasteiger partial charge in [-0.2, -0.15) is 0 Å². The molecule has 3 heteroatoms. The lowest BCUT2D eigenvalue weighted by molar-refractivity contribution is -0.120. The zero-order valence-electron chi connectivity index (χ0n) is 9.02. The number of allylic oxidation sites excluding steroid dienone is 2. The molecular weight excluding hydrogens is 178 g/mol. The van der Waals surface area contributed by atoms with Gasteiger partial charge < -0.3 is 5.32 Å². The molecule has 1 aliphatic carbocycles. The van der Waals surface area contributed by atoms with E-state index < -0.39 is 0 Å². The molecule has 0 saturated heterocycles. The first-order chi connectivity index (χ1) is 6.45. The third kappa shape index (κ3) is 2.44. The van der Waals surface area contributed by atoms with Crippen LogP contribution in [0.3, 0.4) is 0 Å². The Morgan fingerprint density at radius 3 is 2.79 bits per heavy atom. The summed E-state index contributed by atoms with van der Waals surface area (Å²) in [6.45, 7) is 5.88. The molecular formula is C11H17NO2. The lowest BCUT2D eigenvalue weighted by atomic mass is 9.79. The first-order valence-electron chi connectivity index (χ1n) is 5.00. The average molecular weight is 195 g/mol. The summed E-state index contributed by atoms with van der Waals surface area (Å²) in [5, 5.41) is 2.79. The minimum absolute atomic E-state index is 0.0287. The van der Waals surface area contributed by atoms with Crippen LogP contribution in [0.1, 0.15) is 40.0 Å². The predicted molar refractivity (Wildman–Crippen MR) is 54.5 cm³/mol. The summed E-state index contributed by atoms with van der Waals surface area (Å²) in [6, 6.07) is 0. The van der Waals surface area contributed by atoms with Crippen molar-refractivity contribution < 1.29 is 9.59 Å². The van der Waals surface area contributed by atoms with Crippen molar-refractivity contribution in [1.29, 1.82) is 0 Å². The quantitative estimate of drug-likeness (QED) is 0.730. The first kappa shape index (κ1) is 11.0. The van der Waals surface area contributed by atoms with E-state index in [1.807, 2.05) is 13.8 Å². The van der Waals surface area contributed by atoms with Gasteiger partial charge in [0.15, 0.2) is 5.78 Å². The maximum Gasteiger partial charge on any atom is 0.223 e. The van der Waals surface area contributed by atoms with Gasteiger partial charge in [0.25, 0.3) is 0 Å². The number of hydrogen-bond acceptors (Lipinski definition) is 2. The highest BCUT2D eigenvalue weighted by Crippen LogP contribution is 2.33. The Kier molecular flexibility index (Phi) is 3.09. The molecule has 0 atom stereocenters. The summed E-state index contributed by atoms with van der Waals surface area (Å²) in [6.07, 6.45) is 3.40. The van der Waals surface area contributed by atoms with Crippen LogP contribution in [0.4, 0.5) is 0 Å². The fraction of sp³-hybridized carbons (Fsp3) is 0.636. The number of carbonyl (C=O) groups is 2. The lowest BCUT2D eigenvalue weighted by Gasteiger charge is -2.31. The van der Waals surface area contributed by atoms with Gasteiger partial charge in [-0.05, 0) is 6.42 Å². The van der Waals surface area contributed by atoms with E-state index in [2.05, 4.69) is 5.32 Å². The van der Waals surface area contributed by atoms with Gasteiger partial charge in [0.05, 0.1) is 0 Å². The number of ketones is 1. The topological polar surface area (TPSA) is 46.2 Å². The molecule has 0 aromatic rings. The van der Waals surface area contributed by atoms with Gasteiger partial charge >= 0.3 is 0 Å². The van der Waals surface area contributed by atoms with E-state index in [0.717, 1.165) is 12.1 Å². The number of hydrogen-bond donors (Lipinski definition) is 1. The zero-order valence-corrected chi connectivity index (χ0v) is 9.02. The number of rotatable bonds is 2. The highest BCUT2D eigenvalue weighted by atomic mass is 16.1. The molecule has 78 valence electrons. The van der Waals surface area contributed by atoms with E-state index in [1.54, 1.807) is 13.0 Å². The fourth-order valence-electron chi connectivity index (χ4n) is 1.44. The van der Waals surface area contributed by atoms with E-state index >= 15 is 0 Å². The lowest BCUT2D eigenvalue weighted by Crippen LogP contribution is -2.34. The third-order valence-electron chi connectivity index (χ3n) is 2.63. The summed E-state index contributed by atoms with van der Waals surface area (Å²) >= 11 is 0. The maximum absolute atomic E-state index is 11.2. The van der Waals surface area contributed by atoms with Crippen LogP contribution in [0, 0.1) is 5.41 Å². The molecule has 0 aromatic heterocycles. The maximum atomic E-state index is 11.2. The Hall–Kier alpha value is -1.12. The summed E-state index contributed by atoms with van der Waals surface area (Å²) in [7, 11) is 0. The first-order valence-corrected chi connectivity index (χ1v) is 5.00. The van der Waals surface area contributed by atoms with Gasteiger partial charge in [-0.1, -0.05) is 20.8 Å².